The number of hydrogen-bond donors (Lipinski definition) is 0. The van der Waals surface area contributed by atoms with Crippen molar-refractivity contribution in [3.63, 3.8) is 0 Å². The van der Waals surface area contributed by atoms with Crippen molar-refractivity contribution < 1.29 is 4.74 Å². The van der Waals surface area contributed by atoms with Crippen molar-refractivity contribution in [1.29, 1.82) is 0 Å². The summed E-state index contributed by atoms with van der Waals surface area (Å²) in [6.45, 7) is 3.82. The van der Waals surface area contributed by atoms with Crippen LogP contribution in [0.4, 0.5) is 0 Å². The van der Waals surface area contributed by atoms with Crippen LogP contribution in [0.15, 0.2) is 18.2 Å². The van der Waals surface area contributed by atoms with Gasteiger partial charge in [0.25, 0.3) is 0 Å². The summed E-state index contributed by atoms with van der Waals surface area (Å²) < 4.78 is 8.50. The van der Waals surface area contributed by atoms with Gasteiger partial charge in [0.05, 0.1) is 18.0 Å². The highest BCUT2D eigenvalue weighted by molar-refractivity contribution is 8.00. The summed E-state index contributed by atoms with van der Waals surface area (Å²) in [4.78, 5) is 4.73. The number of alkyl halides is 1. The Kier molecular flexibility index (Phi) is 4.36. The second-order valence-electron chi connectivity index (χ2n) is 5.61. The Hall–Kier alpha value is -0.870. The maximum absolute atomic E-state index is 6.12. The third kappa shape index (κ3) is 2.88. The zero-order valence-corrected chi connectivity index (χ0v) is 14.1. The highest BCUT2D eigenvalue weighted by Crippen LogP contribution is 2.49. The van der Waals surface area contributed by atoms with Crippen LogP contribution in [0.2, 0.25) is 0 Å². The smallest absolute Gasteiger partial charge is 0.147 e. The van der Waals surface area contributed by atoms with E-state index in [1.807, 2.05) is 23.9 Å². The summed E-state index contributed by atoms with van der Waals surface area (Å²) in [6.07, 6.45) is 5.75. The first-order valence-electron chi connectivity index (χ1n) is 7.45. The Bertz CT molecular complexity index is 636. The van der Waals surface area contributed by atoms with E-state index in [2.05, 4.69) is 23.8 Å². The Balaban J connectivity index is 2.02. The second-order valence-corrected chi connectivity index (χ2v) is 7.15. The summed E-state index contributed by atoms with van der Waals surface area (Å²) in [5.41, 5.74) is 2.08. The molecule has 0 spiro atoms. The van der Waals surface area contributed by atoms with E-state index in [9.17, 15) is 0 Å². The maximum Gasteiger partial charge on any atom is 0.147 e. The fraction of sp³-hybridized carbons (Fsp3) is 0.562. The molecule has 1 aromatic heterocycles. The van der Waals surface area contributed by atoms with E-state index in [-0.39, 0.29) is 0 Å². The minimum absolute atomic E-state index is 0.384. The molecule has 5 heteroatoms. The molecule has 0 N–H and O–H groups in total. The molecule has 0 saturated heterocycles. The molecule has 0 unspecified atom stereocenters. The van der Waals surface area contributed by atoms with E-state index in [0.29, 0.717) is 10.6 Å². The largest absolute Gasteiger partial charge is 0.491 e. The Labute approximate surface area is 135 Å². The number of imidazole rings is 1. The van der Waals surface area contributed by atoms with Crippen molar-refractivity contribution in [2.75, 3.05) is 12.9 Å². The average Bonchev–Trinajstić information content (AvgIpc) is 3.20. The van der Waals surface area contributed by atoms with Gasteiger partial charge < -0.3 is 9.30 Å². The SMILES string of the molecule is CCCOc1cccc2c1nc(CCl)n2CC1(SC)CC1. The predicted octanol–water partition coefficient (Wildman–Crippen LogP) is 4.46. The summed E-state index contributed by atoms with van der Waals surface area (Å²) in [7, 11) is 0. The van der Waals surface area contributed by atoms with Crippen molar-refractivity contribution in [2.45, 2.75) is 43.4 Å². The Morgan fingerprint density at radius 3 is 2.86 bits per heavy atom. The molecule has 0 atom stereocenters. The molecule has 3 rings (SSSR count). The van der Waals surface area contributed by atoms with Gasteiger partial charge in [0.2, 0.25) is 0 Å². The van der Waals surface area contributed by atoms with Gasteiger partial charge in [-0.25, -0.2) is 4.98 Å². The highest BCUT2D eigenvalue weighted by Gasteiger charge is 2.42. The number of rotatable bonds is 7. The molecule has 1 aliphatic rings. The zero-order chi connectivity index (χ0) is 14.9. The Morgan fingerprint density at radius 1 is 1.43 bits per heavy atom. The molecular weight excluding hydrogens is 304 g/mol. The summed E-state index contributed by atoms with van der Waals surface area (Å²) >= 11 is 8.08. The summed E-state index contributed by atoms with van der Waals surface area (Å²) in [5.74, 6) is 2.25. The highest BCUT2D eigenvalue weighted by atomic mass is 35.5. The monoisotopic (exact) mass is 324 g/mol. The van der Waals surface area contributed by atoms with Crippen LogP contribution < -0.4 is 4.74 Å². The molecule has 1 saturated carbocycles. The van der Waals surface area contributed by atoms with Gasteiger partial charge in [-0.3, -0.25) is 0 Å². The van der Waals surface area contributed by atoms with Crippen LogP contribution in [0.25, 0.3) is 11.0 Å². The lowest BCUT2D eigenvalue weighted by atomic mass is 10.3. The maximum atomic E-state index is 6.12. The van der Waals surface area contributed by atoms with Crippen molar-refractivity contribution in [3.05, 3.63) is 24.0 Å². The quantitative estimate of drug-likeness (QED) is 0.704. The molecule has 0 radical (unpaired) electrons. The second kappa shape index (κ2) is 6.09. The van der Waals surface area contributed by atoms with E-state index in [1.54, 1.807) is 0 Å². The molecule has 3 nitrogen and oxygen atoms in total. The van der Waals surface area contributed by atoms with Gasteiger partial charge in [0.1, 0.15) is 17.1 Å². The molecule has 1 heterocycles. The predicted molar refractivity (Wildman–Crippen MR) is 90.6 cm³/mol. The third-order valence-electron chi connectivity index (χ3n) is 4.09. The molecule has 0 bridgehead atoms. The number of benzene rings is 1. The van der Waals surface area contributed by atoms with E-state index in [4.69, 9.17) is 21.3 Å². The number of hydrogen-bond acceptors (Lipinski definition) is 3. The van der Waals surface area contributed by atoms with E-state index < -0.39 is 0 Å². The molecule has 0 aliphatic heterocycles. The molecule has 2 aromatic rings. The molecular formula is C16H21ClN2OS. The molecule has 21 heavy (non-hydrogen) atoms. The van der Waals surface area contributed by atoms with Crippen molar-refractivity contribution in [1.82, 2.24) is 9.55 Å². The number of halogens is 1. The molecule has 1 aliphatic carbocycles. The Morgan fingerprint density at radius 2 is 2.24 bits per heavy atom. The lowest BCUT2D eigenvalue weighted by Crippen LogP contribution is -2.15. The van der Waals surface area contributed by atoms with Crippen LogP contribution in [-0.2, 0) is 12.4 Å². The number of fused-ring (bicyclic) bond motifs is 1. The van der Waals surface area contributed by atoms with Crippen LogP contribution >= 0.6 is 23.4 Å². The molecule has 1 fully saturated rings. The van der Waals surface area contributed by atoms with Crippen molar-refractivity contribution >= 4 is 34.4 Å². The van der Waals surface area contributed by atoms with Gasteiger partial charge in [0.15, 0.2) is 0 Å². The van der Waals surface area contributed by atoms with Crippen LogP contribution in [0.5, 0.6) is 5.75 Å². The van der Waals surface area contributed by atoms with E-state index in [0.717, 1.165) is 42.2 Å². The number of nitrogens with zero attached hydrogens (tertiary/aromatic N) is 2. The first kappa shape index (κ1) is 15.0. The summed E-state index contributed by atoms with van der Waals surface area (Å²) in [6, 6.07) is 6.16. The number of thioether (sulfide) groups is 1. The van der Waals surface area contributed by atoms with E-state index >= 15 is 0 Å². The number of para-hydroxylation sites is 1. The molecule has 114 valence electrons. The third-order valence-corrected chi connectivity index (χ3v) is 5.73. The minimum atomic E-state index is 0.384. The first-order chi connectivity index (χ1) is 10.2. The van der Waals surface area contributed by atoms with E-state index in [1.165, 1.54) is 12.8 Å². The van der Waals surface area contributed by atoms with Crippen LogP contribution in [0.3, 0.4) is 0 Å². The van der Waals surface area contributed by atoms with Crippen LogP contribution in [0.1, 0.15) is 32.0 Å². The van der Waals surface area contributed by atoms with Crippen LogP contribution in [0, 0.1) is 0 Å². The lowest BCUT2D eigenvalue weighted by Gasteiger charge is -2.15. The fourth-order valence-electron chi connectivity index (χ4n) is 2.63. The van der Waals surface area contributed by atoms with Gasteiger partial charge in [-0.2, -0.15) is 11.8 Å². The van der Waals surface area contributed by atoms with Gasteiger partial charge in [0, 0.05) is 11.3 Å². The van der Waals surface area contributed by atoms with Gasteiger partial charge in [-0.15, -0.1) is 11.6 Å². The number of ether oxygens (including phenoxy) is 1. The minimum Gasteiger partial charge on any atom is -0.491 e. The normalized spacial score (nSPS) is 16.3. The van der Waals surface area contributed by atoms with Gasteiger partial charge in [-0.1, -0.05) is 13.0 Å². The average molecular weight is 325 g/mol. The van der Waals surface area contributed by atoms with Gasteiger partial charge in [-0.05, 0) is 37.7 Å². The zero-order valence-electron chi connectivity index (χ0n) is 12.6. The fourth-order valence-corrected chi connectivity index (χ4v) is 3.60. The standard InChI is InChI=1S/C16H21ClN2OS/c1-3-9-20-13-6-4-5-12-15(13)18-14(10-17)19(12)11-16(21-2)7-8-16/h4-6H,3,7-11H2,1-2H3. The topological polar surface area (TPSA) is 27.1 Å². The van der Waals surface area contributed by atoms with Crippen molar-refractivity contribution in [2.24, 2.45) is 0 Å². The van der Waals surface area contributed by atoms with Crippen LogP contribution in [-0.4, -0.2) is 27.2 Å². The number of aromatic nitrogens is 2. The lowest BCUT2D eigenvalue weighted by molar-refractivity contribution is 0.320. The first-order valence-corrected chi connectivity index (χ1v) is 9.21. The van der Waals surface area contributed by atoms with Gasteiger partial charge >= 0.3 is 0 Å². The van der Waals surface area contributed by atoms with Crippen molar-refractivity contribution in [3.8, 4) is 5.75 Å². The molecule has 1 aromatic carbocycles. The molecule has 0 amide bonds. The summed E-state index contributed by atoms with van der Waals surface area (Å²) in [5, 5.41) is 0.